The second-order valence-electron chi connectivity index (χ2n) is 8.39. The first-order valence-electron chi connectivity index (χ1n) is 11.5. The number of alkyl halides is 3. The molecule has 0 aliphatic heterocycles. The molecule has 0 saturated carbocycles. The van der Waals surface area contributed by atoms with Crippen LogP contribution < -0.4 is 16.0 Å². The number of hydrogen-bond acceptors (Lipinski definition) is 7. The van der Waals surface area contributed by atoms with Gasteiger partial charge in [0.2, 0.25) is 5.91 Å². The number of carbonyl (C=O) groups is 2. The Balaban J connectivity index is 2.72. The minimum Gasteiger partial charge on any atom is -0.402 e. The molecule has 36 heavy (non-hydrogen) atoms. The van der Waals surface area contributed by atoms with Gasteiger partial charge in [0.1, 0.15) is 17.9 Å². The average Bonchev–Trinajstić information content (AvgIpc) is 2.78. The molecule has 2 amide bonds. The first kappa shape index (κ1) is 31.1. The molecule has 0 aliphatic rings. The highest BCUT2D eigenvalue weighted by atomic mass is 19.4. The summed E-state index contributed by atoms with van der Waals surface area (Å²) in [5.74, 6) is -1.35. The molecule has 0 fully saturated rings. The highest BCUT2D eigenvalue weighted by molar-refractivity contribution is 6.32. The molecule has 2 atom stereocenters. The molecule has 0 unspecified atom stereocenters. The van der Waals surface area contributed by atoms with E-state index in [9.17, 15) is 32.8 Å². The Hall–Kier alpha value is -2.92. The topological polar surface area (TPSA) is 144 Å². The third kappa shape index (κ3) is 13.8. The summed E-state index contributed by atoms with van der Waals surface area (Å²) in [5.41, 5.74) is 0.673. The monoisotopic (exact) mass is 512 g/mol. The van der Waals surface area contributed by atoms with E-state index in [2.05, 4.69) is 16.0 Å². The van der Waals surface area contributed by atoms with Crippen LogP contribution in [-0.4, -0.2) is 60.7 Å². The van der Waals surface area contributed by atoms with Crippen molar-refractivity contribution in [3.05, 3.63) is 47.5 Å². The van der Waals surface area contributed by atoms with Crippen LogP contribution in [0.25, 0.3) is 0 Å². The SMILES string of the molecule is CC(C)C=C(C#N)C(=O)NCCCC[C@H](NCC(F)(F)F)C(=O)N[C@@H](Cc1ccccc1)OB(O)O. The highest BCUT2D eigenvalue weighted by Gasteiger charge is 2.31. The Labute approximate surface area is 208 Å². The van der Waals surface area contributed by atoms with Gasteiger partial charge in [0.05, 0.1) is 12.6 Å². The van der Waals surface area contributed by atoms with E-state index in [0.717, 1.165) is 0 Å². The van der Waals surface area contributed by atoms with E-state index in [1.165, 1.54) is 6.08 Å². The second kappa shape index (κ2) is 16.0. The lowest BCUT2D eigenvalue weighted by Crippen LogP contribution is -2.52. The lowest BCUT2D eigenvalue weighted by Gasteiger charge is -2.24. The van der Waals surface area contributed by atoms with Gasteiger partial charge in [-0.3, -0.25) is 14.9 Å². The van der Waals surface area contributed by atoms with Crippen LogP contribution in [0.1, 0.15) is 38.7 Å². The van der Waals surface area contributed by atoms with E-state index >= 15 is 0 Å². The fourth-order valence-electron chi connectivity index (χ4n) is 3.20. The lowest BCUT2D eigenvalue weighted by molar-refractivity contribution is -0.133. The van der Waals surface area contributed by atoms with Gasteiger partial charge in [-0.1, -0.05) is 50.3 Å². The zero-order valence-electron chi connectivity index (χ0n) is 20.2. The summed E-state index contributed by atoms with van der Waals surface area (Å²) >= 11 is 0. The zero-order valence-corrected chi connectivity index (χ0v) is 20.2. The van der Waals surface area contributed by atoms with Crippen molar-refractivity contribution in [1.29, 1.82) is 5.26 Å². The Bertz CT molecular complexity index is 892. The molecule has 1 rings (SSSR count). The van der Waals surface area contributed by atoms with Crippen molar-refractivity contribution < 1.29 is 37.5 Å². The van der Waals surface area contributed by atoms with Gasteiger partial charge < -0.3 is 25.3 Å². The van der Waals surface area contributed by atoms with Crippen LogP contribution in [0.5, 0.6) is 0 Å². The molecule has 5 N–H and O–H groups in total. The third-order valence-corrected chi connectivity index (χ3v) is 4.79. The quantitative estimate of drug-likeness (QED) is 0.0789. The largest absolute Gasteiger partial charge is 0.635 e. The maximum absolute atomic E-state index is 12.8. The van der Waals surface area contributed by atoms with Gasteiger partial charge in [0.15, 0.2) is 0 Å². The molecular formula is C23H32BF3N4O5. The van der Waals surface area contributed by atoms with Crippen molar-refractivity contribution in [1.82, 2.24) is 16.0 Å². The van der Waals surface area contributed by atoms with E-state index in [4.69, 9.17) is 9.92 Å². The number of hydrogen-bond donors (Lipinski definition) is 5. The highest BCUT2D eigenvalue weighted by Crippen LogP contribution is 2.14. The van der Waals surface area contributed by atoms with Crippen molar-refractivity contribution in [2.45, 2.75) is 58.0 Å². The molecule has 1 aromatic carbocycles. The Morgan fingerprint density at radius 2 is 1.86 bits per heavy atom. The number of nitrogens with one attached hydrogen (secondary N) is 3. The normalized spacial score (nSPS) is 13.6. The molecule has 0 spiro atoms. The van der Waals surface area contributed by atoms with Gasteiger partial charge in [-0.05, 0) is 30.7 Å². The number of nitriles is 1. The van der Waals surface area contributed by atoms with Gasteiger partial charge in [-0.15, -0.1) is 0 Å². The van der Waals surface area contributed by atoms with E-state index in [0.29, 0.717) is 12.0 Å². The Morgan fingerprint density at radius 1 is 1.19 bits per heavy atom. The van der Waals surface area contributed by atoms with Gasteiger partial charge in [-0.2, -0.15) is 18.4 Å². The summed E-state index contributed by atoms with van der Waals surface area (Å²) in [7, 11) is -2.20. The van der Waals surface area contributed by atoms with Crippen LogP contribution in [0.2, 0.25) is 0 Å². The molecule has 0 bridgehead atoms. The van der Waals surface area contributed by atoms with E-state index < -0.39 is 44.1 Å². The molecule has 0 aromatic heterocycles. The van der Waals surface area contributed by atoms with Gasteiger partial charge in [0.25, 0.3) is 5.91 Å². The number of nitrogens with zero attached hydrogens (tertiary/aromatic N) is 1. The summed E-state index contributed by atoms with van der Waals surface area (Å²) < 4.78 is 43.2. The number of unbranched alkanes of at least 4 members (excludes halogenated alkanes) is 1. The van der Waals surface area contributed by atoms with E-state index in [1.807, 2.05) is 19.9 Å². The molecule has 0 aliphatic carbocycles. The van der Waals surface area contributed by atoms with Crippen LogP contribution in [0, 0.1) is 17.2 Å². The van der Waals surface area contributed by atoms with Crippen molar-refractivity contribution in [3.8, 4) is 6.07 Å². The summed E-state index contributed by atoms with van der Waals surface area (Å²) in [6.07, 6.45) is -3.54. The predicted molar refractivity (Wildman–Crippen MR) is 127 cm³/mol. The van der Waals surface area contributed by atoms with Gasteiger partial charge >= 0.3 is 13.5 Å². The third-order valence-electron chi connectivity index (χ3n) is 4.79. The molecule has 0 radical (unpaired) electrons. The first-order valence-corrected chi connectivity index (χ1v) is 11.5. The van der Waals surface area contributed by atoms with Crippen molar-refractivity contribution in [3.63, 3.8) is 0 Å². The van der Waals surface area contributed by atoms with Crippen LogP contribution in [0.15, 0.2) is 42.0 Å². The van der Waals surface area contributed by atoms with E-state index in [-0.39, 0.29) is 37.3 Å². The van der Waals surface area contributed by atoms with Crippen molar-refractivity contribution in [2.75, 3.05) is 13.1 Å². The molecule has 1 aromatic rings. The molecule has 9 nitrogen and oxygen atoms in total. The number of rotatable bonds is 15. The number of allylic oxidation sites excluding steroid dienone is 1. The van der Waals surface area contributed by atoms with Crippen LogP contribution in [0.4, 0.5) is 13.2 Å². The summed E-state index contributed by atoms with van der Waals surface area (Å²) in [6, 6.07) is 9.22. The molecule has 13 heteroatoms. The minimum atomic E-state index is -4.55. The van der Waals surface area contributed by atoms with Crippen LogP contribution in [-0.2, 0) is 20.7 Å². The van der Waals surface area contributed by atoms with Crippen LogP contribution in [0.3, 0.4) is 0 Å². The van der Waals surface area contributed by atoms with Gasteiger partial charge in [-0.25, -0.2) is 0 Å². The first-order chi connectivity index (χ1) is 16.9. The summed E-state index contributed by atoms with van der Waals surface area (Å²) in [4.78, 5) is 24.8. The molecule has 0 heterocycles. The number of carbonyl (C=O) groups excluding carboxylic acids is 2. The molecular weight excluding hydrogens is 480 g/mol. The standard InChI is InChI=1S/C23H32BF3N4O5/c1-16(2)12-18(14-28)21(32)29-11-7-6-10-19(30-15-23(25,26)27)22(33)31-20(36-24(34)35)13-17-8-4-3-5-9-17/h3-5,8-9,12,16,19-20,30,34-35H,6-7,10-11,13,15H2,1-2H3,(H,29,32)(H,31,33)/t19-,20+/m0/s1. The fourth-order valence-corrected chi connectivity index (χ4v) is 3.20. The Morgan fingerprint density at radius 3 is 2.42 bits per heavy atom. The Kier molecular flexibility index (Phi) is 13.8. The van der Waals surface area contributed by atoms with E-state index in [1.54, 1.807) is 30.3 Å². The van der Waals surface area contributed by atoms with Crippen molar-refractivity contribution >= 4 is 19.1 Å². The lowest BCUT2D eigenvalue weighted by atomic mass is 10.1. The molecule has 198 valence electrons. The zero-order chi connectivity index (χ0) is 27.1. The number of amides is 2. The maximum Gasteiger partial charge on any atom is 0.635 e. The fraction of sp³-hybridized carbons (Fsp3) is 0.522. The van der Waals surface area contributed by atoms with Crippen LogP contribution >= 0.6 is 0 Å². The summed E-state index contributed by atoms with van der Waals surface area (Å²) in [6.45, 7) is 2.40. The smallest absolute Gasteiger partial charge is 0.402 e. The number of halogens is 3. The summed E-state index contributed by atoms with van der Waals surface area (Å²) in [5, 5.41) is 34.6. The molecule has 0 saturated heterocycles. The maximum atomic E-state index is 12.8. The second-order valence-corrected chi connectivity index (χ2v) is 8.39. The predicted octanol–water partition coefficient (Wildman–Crippen LogP) is 1.57. The number of benzene rings is 1. The average molecular weight is 512 g/mol. The van der Waals surface area contributed by atoms with Gasteiger partial charge in [0, 0.05) is 13.0 Å². The van der Waals surface area contributed by atoms with Crippen molar-refractivity contribution in [2.24, 2.45) is 5.92 Å². The minimum absolute atomic E-state index is 0.00442.